The first kappa shape index (κ1) is 14.9. The van der Waals surface area contributed by atoms with Crippen LogP contribution < -0.4 is 0 Å². The van der Waals surface area contributed by atoms with E-state index >= 15 is 0 Å². The average Bonchev–Trinajstić information content (AvgIpc) is 2.17. The first-order chi connectivity index (χ1) is 7.56. The first-order valence-electron chi connectivity index (χ1n) is 6.03. The van der Waals surface area contributed by atoms with Crippen LogP contribution >= 0.6 is 0 Å². The van der Waals surface area contributed by atoms with Crippen molar-refractivity contribution >= 4 is 5.97 Å². The monoisotopic (exact) mass is 224 g/mol. The Morgan fingerprint density at radius 3 is 2.62 bits per heavy atom. The van der Waals surface area contributed by atoms with Gasteiger partial charge in [-0.25, -0.2) is 0 Å². The molecule has 92 valence electrons. The van der Waals surface area contributed by atoms with E-state index in [-0.39, 0.29) is 11.9 Å². The Kier molecular flexibility index (Phi) is 8.59. The maximum Gasteiger partial charge on any atom is 0.306 e. The van der Waals surface area contributed by atoms with Gasteiger partial charge in [-0.15, -0.1) is 0 Å². The number of esters is 1. The van der Waals surface area contributed by atoms with Crippen molar-refractivity contribution in [2.45, 2.75) is 47.0 Å². The topological polar surface area (TPSA) is 26.3 Å². The van der Waals surface area contributed by atoms with E-state index in [1.807, 2.05) is 39.0 Å². The highest BCUT2D eigenvalue weighted by atomic mass is 16.5. The molecule has 0 saturated carbocycles. The molecule has 0 saturated heterocycles. The predicted molar refractivity (Wildman–Crippen MR) is 68.2 cm³/mol. The van der Waals surface area contributed by atoms with E-state index in [1.165, 1.54) is 5.57 Å². The fraction of sp³-hybridized carbons (Fsp3) is 0.643. The Hall–Kier alpha value is -1.05. The zero-order valence-corrected chi connectivity index (χ0v) is 11.0. The maximum absolute atomic E-state index is 11.4. The quantitative estimate of drug-likeness (QED) is 0.373. The number of hydrogen-bond donors (Lipinski definition) is 0. The summed E-state index contributed by atoms with van der Waals surface area (Å²) in [5, 5.41) is 0. The molecule has 0 N–H and O–H groups in total. The van der Waals surface area contributed by atoms with Crippen molar-refractivity contribution < 1.29 is 9.53 Å². The Balaban J connectivity index is 3.78. The molecule has 1 atom stereocenters. The molecule has 0 aromatic heterocycles. The Labute approximate surface area is 99.4 Å². The van der Waals surface area contributed by atoms with Gasteiger partial charge in [0.1, 0.15) is 0 Å². The van der Waals surface area contributed by atoms with Crippen LogP contribution in [0.15, 0.2) is 23.8 Å². The van der Waals surface area contributed by atoms with Gasteiger partial charge >= 0.3 is 5.97 Å². The van der Waals surface area contributed by atoms with E-state index in [0.29, 0.717) is 13.0 Å². The molecule has 0 aliphatic rings. The molecule has 0 aliphatic carbocycles. The molecular formula is C14H24O2. The molecule has 0 rings (SSSR count). The zero-order valence-electron chi connectivity index (χ0n) is 11.0. The fourth-order valence-corrected chi connectivity index (χ4v) is 1.16. The number of carbonyl (C=O) groups excluding carboxylic acids is 1. The van der Waals surface area contributed by atoms with E-state index in [0.717, 1.165) is 12.8 Å². The second kappa shape index (κ2) is 9.20. The molecule has 0 radical (unpaired) electrons. The minimum atomic E-state index is -0.0946. The van der Waals surface area contributed by atoms with Crippen molar-refractivity contribution in [1.29, 1.82) is 0 Å². The van der Waals surface area contributed by atoms with Crippen molar-refractivity contribution in [3.63, 3.8) is 0 Å². The summed E-state index contributed by atoms with van der Waals surface area (Å²) in [6.45, 7) is 8.76. The van der Waals surface area contributed by atoms with Gasteiger partial charge in [0.25, 0.3) is 0 Å². The van der Waals surface area contributed by atoms with Crippen LogP contribution in [0.5, 0.6) is 0 Å². The summed E-state index contributed by atoms with van der Waals surface area (Å²) in [6.07, 6.45) is 8.56. The van der Waals surface area contributed by atoms with Gasteiger partial charge in [-0.2, -0.15) is 0 Å². The number of rotatable bonds is 7. The third-order valence-corrected chi connectivity index (χ3v) is 2.12. The van der Waals surface area contributed by atoms with E-state index in [1.54, 1.807) is 0 Å². The Morgan fingerprint density at radius 2 is 2.06 bits per heavy atom. The van der Waals surface area contributed by atoms with Gasteiger partial charge in [0.05, 0.1) is 13.0 Å². The Morgan fingerprint density at radius 1 is 1.38 bits per heavy atom. The van der Waals surface area contributed by atoms with Crippen molar-refractivity contribution in [3.05, 3.63) is 23.8 Å². The third-order valence-electron chi connectivity index (χ3n) is 2.12. The van der Waals surface area contributed by atoms with Crippen molar-refractivity contribution in [2.75, 3.05) is 6.61 Å². The van der Waals surface area contributed by atoms with Gasteiger partial charge in [0, 0.05) is 0 Å². The summed E-state index contributed by atoms with van der Waals surface area (Å²) >= 11 is 0. The minimum Gasteiger partial charge on any atom is -0.466 e. The van der Waals surface area contributed by atoms with Crippen molar-refractivity contribution in [3.8, 4) is 0 Å². The lowest BCUT2D eigenvalue weighted by Gasteiger charge is -2.06. The molecule has 0 fully saturated rings. The number of hydrogen-bond acceptors (Lipinski definition) is 2. The molecule has 0 aromatic carbocycles. The fourth-order valence-electron chi connectivity index (χ4n) is 1.16. The second-order valence-corrected chi connectivity index (χ2v) is 4.38. The van der Waals surface area contributed by atoms with Gasteiger partial charge in [-0.1, -0.05) is 44.1 Å². The van der Waals surface area contributed by atoms with Crippen LogP contribution in [0.3, 0.4) is 0 Å². The highest BCUT2D eigenvalue weighted by Crippen LogP contribution is 2.06. The van der Waals surface area contributed by atoms with Gasteiger partial charge in [-0.3, -0.25) is 4.79 Å². The second-order valence-electron chi connectivity index (χ2n) is 4.38. The smallest absolute Gasteiger partial charge is 0.306 e. The highest BCUT2D eigenvalue weighted by molar-refractivity contribution is 5.69. The number of carbonyl (C=O) groups is 1. The van der Waals surface area contributed by atoms with E-state index in [9.17, 15) is 4.79 Å². The largest absolute Gasteiger partial charge is 0.466 e. The summed E-state index contributed by atoms with van der Waals surface area (Å²) in [5.74, 6) is 0.146. The minimum absolute atomic E-state index is 0.0946. The summed E-state index contributed by atoms with van der Waals surface area (Å²) in [6, 6.07) is 0. The SMILES string of the molecule is CCCCOC(=O)CC(C)/C=C/C=C(C)C. The van der Waals surface area contributed by atoms with Crippen molar-refractivity contribution in [2.24, 2.45) is 5.92 Å². The van der Waals surface area contributed by atoms with Crippen LogP contribution in [0.1, 0.15) is 47.0 Å². The van der Waals surface area contributed by atoms with E-state index in [4.69, 9.17) is 4.74 Å². The number of unbranched alkanes of at least 4 members (excludes halogenated alkanes) is 1. The molecule has 16 heavy (non-hydrogen) atoms. The summed E-state index contributed by atoms with van der Waals surface area (Å²) in [7, 11) is 0. The molecule has 0 aromatic rings. The van der Waals surface area contributed by atoms with Gasteiger partial charge in [0.2, 0.25) is 0 Å². The van der Waals surface area contributed by atoms with Gasteiger partial charge in [-0.05, 0) is 26.2 Å². The molecule has 0 amide bonds. The van der Waals surface area contributed by atoms with Crippen LogP contribution in [-0.4, -0.2) is 12.6 Å². The summed E-state index contributed by atoms with van der Waals surface area (Å²) in [4.78, 5) is 11.4. The van der Waals surface area contributed by atoms with Crippen LogP contribution in [-0.2, 0) is 9.53 Å². The lowest BCUT2D eigenvalue weighted by Crippen LogP contribution is -2.09. The zero-order chi connectivity index (χ0) is 12.4. The van der Waals surface area contributed by atoms with Gasteiger partial charge in [0.15, 0.2) is 0 Å². The van der Waals surface area contributed by atoms with E-state index in [2.05, 4.69) is 6.92 Å². The lowest BCUT2D eigenvalue weighted by molar-refractivity contribution is -0.144. The first-order valence-corrected chi connectivity index (χ1v) is 6.03. The summed E-state index contributed by atoms with van der Waals surface area (Å²) in [5.41, 5.74) is 1.26. The van der Waals surface area contributed by atoms with Crippen LogP contribution in [0, 0.1) is 5.92 Å². The predicted octanol–water partition coefficient (Wildman–Crippen LogP) is 3.88. The number of ether oxygens (including phenoxy) is 1. The van der Waals surface area contributed by atoms with Crippen LogP contribution in [0.2, 0.25) is 0 Å². The molecule has 2 heteroatoms. The standard InChI is InChI=1S/C14H24O2/c1-5-6-10-16-14(15)11-13(4)9-7-8-12(2)3/h7-9,13H,5-6,10-11H2,1-4H3/b9-7+. The van der Waals surface area contributed by atoms with Crippen LogP contribution in [0.25, 0.3) is 0 Å². The third kappa shape index (κ3) is 9.50. The molecule has 2 nitrogen and oxygen atoms in total. The molecule has 0 spiro atoms. The number of allylic oxidation sites excluding steroid dienone is 4. The summed E-state index contributed by atoms with van der Waals surface area (Å²) < 4.78 is 5.09. The molecular weight excluding hydrogens is 200 g/mol. The Bertz CT molecular complexity index is 247. The normalized spacial score (nSPS) is 12.5. The maximum atomic E-state index is 11.4. The molecule has 0 bridgehead atoms. The van der Waals surface area contributed by atoms with Gasteiger partial charge < -0.3 is 4.74 Å². The highest BCUT2D eigenvalue weighted by Gasteiger charge is 2.06. The van der Waals surface area contributed by atoms with Crippen LogP contribution in [0.4, 0.5) is 0 Å². The van der Waals surface area contributed by atoms with E-state index < -0.39 is 0 Å². The molecule has 0 aliphatic heterocycles. The molecule has 1 unspecified atom stereocenters. The van der Waals surface area contributed by atoms with Crippen molar-refractivity contribution in [1.82, 2.24) is 0 Å². The average molecular weight is 224 g/mol. The molecule has 0 heterocycles. The lowest BCUT2D eigenvalue weighted by atomic mass is 10.1.